The summed E-state index contributed by atoms with van der Waals surface area (Å²) >= 11 is 6.04. The third-order valence-electron chi connectivity index (χ3n) is 4.06. The number of hydrogen-bond donors (Lipinski definition) is 4. The Morgan fingerprint density at radius 2 is 2.19 bits per heavy atom. The second-order valence-electron chi connectivity index (χ2n) is 6.06. The number of primary amides is 1. The summed E-state index contributed by atoms with van der Waals surface area (Å²) in [6.45, 7) is 2.94. The predicted molar refractivity (Wildman–Crippen MR) is 98.6 cm³/mol. The summed E-state index contributed by atoms with van der Waals surface area (Å²) < 4.78 is 5.32. The zero-order chi connectivity index (χ0) is 18.7. The van der Waals surface area contributed by atoms with E-state index < -0.39 is 5.91 Å². The number of nitrogens with zero attached hydrogens (tertiary/aromatic N) is 3. The predicted octanol–water partition coefficient (Wildman–Crippen LogP) is 1.20. The minimum Gasteiger partial charge on any atom is -0.380 e. The fraction of sp³-hybridized carbons (Fsp3) is 0.375. The summed E-state index contributed by atoms with van der Waals surface area (Å²) in [5.41, 5.74) is 12.9. The standard InChI is InChI=1S/C16H20ClN7O2/c1-8-6-9(2-3-10(8)17)20-15-13(14(19)25)23-24-16(22-15)21-12-4-5-26-7-11(12)18/h2-3,6,11-12H,4-5,7,18H2,1H3,(H2,19,25)(H2,20,21,22,24)/t11-,12+/m0/s1. The van der Waals surface area contributed by atoms with Gasteiger partial charge >= 0.3 is 0 Å². The second kappa shape index (κ2) is 7.81. The Morgan fingerprint density at radius 3 is 2.88 bits per heavy atom. The Kier molecular flexibility index (Phi) is 5.50. The number of anilines is 3. The van der Waals surface area contributed by atoms with E-state index in [0.717, 1.165) is 12.0 Å². The third kappa shape index (κ3) is 4.18. The SMILES string of the molecule is Cc1cc(Nc2nc(N[C@@H]3CCOC[C@@H]3N)nnc2C(N)=O)ccc1Cl. The molecular formula is C16H20ClN7O2. The average Bonchev–Trinajstić information content (AvgIpc) is 2.60. The normalized spacial score (nSPS) is 19.8. The van der Waals surface area contributed by atoms with Crippen molar-refractivity contribution in [1.29, 1.82) is 0 Å². The molecule has 9 nitrogen and oxygen atoms in total. The van der Waals surface area contributed by atoms with Crippen molar-refractivity contribution in [3.63, 3.8) is 0 Å². The van der Waals surface area contributed by atoms with Gasteiger partial charge in [0.05, 0.1) is 6.61 Å². The Morgan fingerprint density at radius 1 is 1.38 bits per heavy atom. The van der Waals surface area contributed by atoms with Crippen molar-refractivity contribution in [3.05, 3.63) is 34.5 Å². The molecule has 1 fully saturated rings. The topological polar surface area (TPSA) is 141 Å². The van der Waals surface area contributed by atoms with Crippen LogP contribution in [0.15, 0.2) is 18.2 Å². The van der Waals surface area contributed by atoms with Gasteiger partial charge in [-0.2, -0.15) is 4.98 Å². The molecule has 1 aliphatic rings. The number of hydrogen-bond acceptors (Lipinski definition) is 8. The molecule has 1 aromatic heterocycles. The maximum absolute atomic E-state index is 11.6. The fourth-order valence-electron chi connectivity index (χ4n) is 2.60. The van der Waals surface area contributed by atoms with E-state index >= 15 is 0 Å². The van der Waals surface area contributed by atoms with Crippen LogP contribution in [0.3, 0.4) is 0 Å². The molecule has 1 aliphatic heterocycles. The van der Waals surface area contributed by atoms with Crippen LogP contribution in [-0.4, -0.2) is 46.4 Å². The largest absolute Gasteiger partial charge is 0.380 e. The van der Waals surface area contributed by atoms with Crippen LogP contribution in [0, 0.1) is 6.92 Å². The van der Waals surface area contributed by atoms with Crippen LogP contribution in [0.25, 0.3) is 0 Å². The number of nitrogens with one attached hydrogen (secondary N) is 2. The smallest absolute Gasteiger partial charge is 0.273 e. The number of benzene rings is 1. The molecule has 3 rings (SSSR count). The van der Waals surface area contributed by atoms with Crippen LogP contribution >= 0.6 is 11.6 Å². The quantitative estimate of drug-likeness (QED) is 0.609. The molecule has 10 heteroatoms. The van der Waals surface area contributed by atoms with Gasteiger partial charge in [-0.3, -0.25) is 4.79 Å². The number of aryl methyl sites for hydroxylation is 1. The van der Waals surface area contributed by atoms with Gasteiger partial charge < -0.3 is 26.8 Å². The molecule has 1 amide bonds. The molecule has 0 bridgehead atoms. The lowest BCUT2D eigenvalue weighted by molar-refractivity contribution is 0.0751. The minimum absolute atomic E-state index is 0.0457. The van der Waals surface area contributed by atoms with Crippen molar-refractivity contribution >= 4 is 35.0 Å². The zero-order valence-electron chi connectivity index (χ0n) is 14.2. The first-order chi connectivity index (χ1) is 12.4. The van der Waals surface area contributed by atoms with Crippen molar-refractivity contribution in [1.82, 2.24) is 15.2 Å². The summed E-state index contributed by atoms with van der Waals surface area (Å²) in [5, 5.41) is 14.6. The van der Waals surface area contributed by atoms with Gasteiger partial charge in [-0.25, -0.2) is 0 Å². The third-order valence-corrected chi connectivity index (χ3v) is 4.48. The van der Waals surface area contributed by atoms with Crippen molar-refractivity contribution in [2.24, 2.45) is 11.5 Å². The number of amides is 1. The molecule has 6 N–H and O–H groups in total. The van der Waals surface area contributed by atoms with Crippen LogP contribution in [0.5, 0.6) is 0 Å². The van der Waals surface area contributed by atoms with Crippen molar-refractivity contribution in [2.75, 3.05) is 23.8 Å². The van der Waals surface area contributed by atoms with Crippen LogP contribution in [-0.2, 0) is 4.74 Å². The highest BCUT2D eigenvalue weighted by molar-refractivity contribution is 6.31. The van der Waals surface area contributed by atoms with Gasteiger partial charge in [0, 0.05) is 29.4 Å². The van der Waals surface area contributed by atoms with Crippen LogP contribution < -0.4 is 22.1 Å². The molecule has 0 radical (unpaired) electrons. The van der Waals surface area contributed by atoms with Gasteiger partial charge in [0.2, 0.25) is 5.95 Å². The number of aromatic nitrogens is 3. The molecule has 138 valence electrons. The number of halogens is 1. The first-order valence-electron chi connectivity index (χ1n) is 8.11. The van der Waals surface area contributed by atoms with Crippen LogP contribution in [0.2, 0.25) is 5.02 Å². The molecule has 2 heterocycles. The molecular weight excluding hydrogens is 358 g/mol. The minimum atomic E-state index is -0.729. The first kappa shape index (κ1) is 18.3. The summed E-state index contributed by atoms with van der Waals surface area (Å²) in [4.78, 5) is 16.0. The van der Waals surface area contributed by atoms with E-state index in [0.29, 0.717) is 23.9 Å². The highest BCUT2D eigenvalue weighted by atomic mass is 35.5. The van der Waals surface area contributed by atoms with E-state index in [1.165, 1.54) is 0 Å². The van der Waals surface area contributed by atoms with Crippen molar-refractivity contribution < 1.29 is 9.53 Å². The van der Waals surface area contributed by atoms with E-state index in [4.69, 9.17) is 27.8 Å². The van der Waals surface area contributed by atoms with Crippen LogP contribution in [0.4, 0.5) is 17.5 Å². The van der Waals surface area contributed by atoms with Gasteiger partial charge in [0.25, 0.3) is 5.91 Å². The van der Waals surface area contributed by atoms with E-state index in [-0.39, 0.29) is 29.5 Å². The van der Waals surface area contributed by atoms with E-state index in [2.05, 4.69) is 25.8 Å². The number of nitrogens with two attached hydrogens (primary N) is 2. The van der Waals surface area contributed by atoms with E-state index in [9.17, 15) is 4.79 Å². The second-order valence-corrected chi connectivity index (χ2v) is 6.47. The number of carbonyl (C=O) groups is 1. The maximum Gasteiger partial charge on any atom is 0.273 e. The van der Waals surface area contributed by atoms with E-state index in [1.807, 2.05) is 13.0 Å². The van der Waals surface area contributed by atoms with Gasteiger partial charge in [-0.05, 0) is 37.1 Å². The monoisotopic (exact) mass is 377 g/mol. The van der Waals surface area contributed by atoms with Crippen molar-refractivity contribution in [3.8, 4) is 0 Å². The van der Waals surface area contributed by atoms with Gasteiger partial charge in [-0.1, -0.05) is 11.6 Å². The molecule has 0 unspecified atom stereocenters. The Balaban J connectivity index is 1.86. The lowest BCUT2D eigenvalue weighted by atomic mass is 10.1. The Hall–Kier alpha value is -2.49. The lowest BCUT2D eigenvalue weighted by Crippen LogP contribution is -2.48. The molecule has 1 aromatic carbocycles. The highest BCUT2D eigenvalue weighted by Gasteiger charge is 2.24. The number of rotatable bonds is 5. The molecule has 26 heavy (non-hydrogen) atoms. The molecule has 0 spiro atoms. The number of ether oxygens (including phenoxy) is 1. The maximum atomic E-state index is 11.6. The van der Waals surface area contributed by atoms with Gasteiger partial charge in [0.15, 0.2) is 11.5 Å². The van der Waals surface area contributed by atoms with Crippen molar-refractivity contribution in [2.45, 2.75) is 25.4 Å². The summed E-state index contributed by atoms with van der Waals surface area (Å²) in [7, 11) is 0. The molecule has 2 aromatic rings. The summed E-state index contributed by atoms with van der Waals surface area (Å²) in [5.74, 6) is -0.268. The van der Waals surface area contributed by atoms with E-state index in [1.54, 1.807) is 12.1 Å². The number of carbonyl (C=O) groups excluding carboxylic acids is 1. The first-order valence-corrected chi connectivity index (χ1v) is 8.49. The van der Waals surface area contributed by atoms with Gasteiger partial charge in [-0.15, -0.1) is 10.2 Å². The Bertz CT molecular complexity index is 817. The summed E-state index contributed by atoms with van der Waals surface area (Å²) in [6.07, 6.45) is 0.723. The zero-order valence-corrected chi connectivity index (χ0v) is 15.0. The Labute approximate surface area is 155 Å². The molecule has 0 aliphatic carbocycles. The highest BCUT2D eigenvalue weighted by Crippen LogP contribution is 2.23. The lowest BCUT2D eigenvalue weighted by Gasteiger charge is -2.29. The molecule has 1 saturated heterocycles. The van der Waals surface area contributed by atoms with Gasteiger partial charge in [0.1, 0.15) is 0 Å². The molecule has 2 atom stereocenters. The molecule has 0 saturated carbocycles. The fourth-order valence-corrected chi connectivity index (χ4v) is 2.72. The average molecular weight is 378 g/mol. The summed E-state index contributed by atoms with van der Waals surface area (Å²) in [6, 6.07) is 5.12. The van der Waals surface area contributed by atoms with Crippen LogP contribution in [0.1, 0.15) is 22.5 Å².